The molecule has 0 amide bonds. The van der Waals surface area contributed by atoms with Crippen molar-refractivity contribution in [1.29, 1.82) is 0 Å². The van der Waals surface area contributed by atoms with Crippen LogP contribution in [0, 0.1) is 6.92 Å². The quantitative estimate of drug-likeness (QED) is 0.908. The fourth-order valence-corrected chi connectivity index (χ4v) is 3.87. The van der Waals surface area contributed by atoms with Gasteiger partial charge >= 0.3 is 5.97 Å². The van der Waals surface area contributed by atoms with Crippen molar-refractivity contribution in [3.63, 3.8) is 0 Å². The van der Waals surface area contributed by atoms with E-state index in [4.69, 9.17) is 5.11 Å². The molecular formula is C12H11NO4S2. The first-order valence-electron chi connectivity index (χ1n) is 5.32. The van der Waals surface area contributed by atoms with Gasteiger partial charge in [0, 0.05) is 4.88 Å². The minimum absolute atomic E-state index is 0.0565. The second-order valence-electron chi connectivity index (χ2n) is 3.82. The normalized spacial score (nSPS) is 11.2. The summed E-state index contributed by atoms with van der Waals surface area (Å²) in [6, 6.07) is 9.07. The average molecular weight is 297 g/mol. The maximum Gasteiger partial charge on any atom is 0.337 e. The number of rotatable bonds is 4. The van der Waals surface area contributed by atoms with Crippen molar-refractivity contribution in [3.8, 4) is 0 Å². The minimum Gasteiger partial charge on any atom is -0.478 e. The summed E-state index contributed by atoms with van der Waals surface area (Å²) in [4.78, 5) is 11.9. The van der Waals surface area contributed by atoms with Crippen molar-refractivity contribution >= 4 is 33.0 Å². The maximum absolute atomic E-state index is 12.1. The molecule has 0 aliphatic carbocycles. The van der Waals surface area contributed by atoms with Crippen molar-refractivity contribution in [2.75, 3.05) is 4.72 Å². The Bertz CT molecular complexity index is 719. The molecule has 19 heavy (non-hydrogen) atoms. The lowest BCUT2D eigenvalue weighted by Gasteiger charge is -2.08. The molecule has 0 spiro atoms. The first-order chi connectivity index (χ1) is 8.90. The Morgan fingerprint density at radius 3 is 2.47 bits per heavy atom. The summed E-state index contributed by atoms with van der Waals surface area (Å²) in [5, 5.41) is 9.00. The van der Waals surface area contributed by atoms with E-state index in [9.17, 15) is 13.2 Å². The van der Waals surface area contributed by atoms with E-state index in [1.165, 1.54) is 24.3 Å². The molecule has 0 saturated heterocycles. The second kappa shape index (κ2) is 5.02. The highest BCUT2D eigenvalue weighted by Crippen LogP contribution is 2.25. The van der Waals surface area contributed by atoms with E-state index in [2.05, 4.69) is 4.72 Å². The number of hydrogen-bond acceptors (Lipinski definition) is 4. The third kappa shape index (κ3) is 2.94. The number of carboxylic acid groups (broad SMARTS) is 1. The number of carboxylic acids is 1. The molecule has 0 radical (unpaired) electrons. The summed E-state index contributed by atoms with van der Waals surface area (Å²) in [5.41, 5.74) is -0.0274. The Kier molecular flexibility index (Phi) is 3.59. The van der Waals surface area contributed by atoms with Gasteiger partial charge in [-0.1, -0.05) is 12.1 Å². The number of thiophene rings is 1. The number of benzene rings is 1. The van der Waals surface area contributed by atoms with Crippen LogP contribution in [0.25, 0.3) is 0 Å². The van der Waals surface area contributed by atoms with Crippen LogP contribution in [0.15, 0.2) is 40.6 Å². The van der Waals surface area contributed by atoms with Gasteiger partial charge < -0.3 is 5.11 Å². The maximum atomic E-state index is 12.1. The Hall–Kier alpha value is -1.86. The van der Waals surface area contributed by atoms with Gasteiger partial charge in [-0.15, -0.1) is 11.3 Å². The molecule has 0 bridgehead atoms. The van der Waals surface area contributed by atoms with Gasteiger partial charge in [0.25, 0.3) is 10.0 Å². The summed E-state index contributed by atoms with van der Waals surface area (Å²) in [6.07, 6.45) is 0. The van der Waals surface area contributed by atoms with Gasteiger partial charge in [0.1, 0.15) is 4.21 Å². The van der Waals surface area contributed by atoms with Crippen LogP contribution < -0.4 is 4.72 Å². The van der Waals surface area contributed by atoms with Crippen LogP contribution >= 0.6 is 11.3 Å². The lowest BCUT2D eigenvalue weighted by atomic mass is 10.2. The molecule has 0 atom stereocenters. The van der Waals surface area contributed by atoms with E-state index in [1.54, 1.807) is 19.1 Å². The van der Waals surface area contributed by atoms with E-state index in [0.717, 1.165) is 16.2 Å². The Labute approximate surface area is 114 Å². The van der Waals surface area contributed by atoms with Crippen molar-refractivity contribution < 1.29 is 18.3 Å². The molecular weight excluding hydrogens is 286 g/mol. The Morgan fingerprint density at radius 1 is 1.21 bits per heavy atom. The number of aryl methyl sites for hydroxylation is 1. The smallest absolute Gasteiger partial charge is 0.337 e. The molecule has 0 fully saturated rings. The zero-order chi connectivity index (χ0) is 14.0. The molecule has 1 heterocycles. The van der Waals surface area contributed by atoms with Crippen LogP contribution in [0.4, 0.5) is 5.69 Å². The van der Waals surface area contributed by atoms with Crippen LogP contribution in [0.3, 0.4) is 0 Å². The van der Waals surface area contributed by atoms with Crippen LogP contribution in [0.5, 0.6) is 0 Å². The highest BCUT2D eigenvalue weighted by atomic mass is 32.2. The number of sulfonamides is 1. The lowest BCUT2D eigenvalue weighted by Crippen LogP contribution is -2.14. The largest absolute Gasteiger partial charge is 0.478 e. The number of para-hydroxylation sites is 1. The molecule has 1 aromatic carbocycles. The van der Waals surface area contributed by atoms with E-state index < -0.39 is 16.0 Å². The van der Waals surface area contributed by atoms with Crippen molar-refractivity contribution in [2.45, 2.75) is 11.1 Å². The van der Waals surface area contributed by atoms with Gasteiger partial charge in [0.15, 0.2) is 0 Å². The molecule has 1 aromatic heterocycles. The topological polar surface area (TPSA) is 83.5 Å². The standard InChI is InChI=1S/C12H11NO4S2/c1-8-6-7-11(18-8)19(16,17)13-10-5-3-2-4-9(10)12(14)15/h2-7,13H,1H3,(H,14,15). The van der Waals surface area contributed by atoms with Crippen LogP contribution in [0.1, 0.15) is 15.2 Å². The van der Waals surface area contributed by atoms with Gasteiger partial charge in [-0.05, 0) is 31.2 Å². The van der Waals surface area contributed by atoms with Crippen molar-refractivity contribution in [1.82, 2.24) is 0 Å². The summed E-state index contributed by atoms with van der Waals surface area (Å²) < 4.78 is 26.6. The van der Waals surface area contributed by atoms with Gasteiger partial charge in [0.2, 0.25) is 0 Å². The molecule has 0 aliphatic rings. The van der Waals surface area contributed by atoms with E-state index in [1.807, 2.05) is 0 Å². The first kappa shape index (κ1) is 13.6. The second-order valence-corrected chi connectivity index (χ2v) is 7.02. The van der Waals surface area contributed by atoms with Crippen molar-refractivity contribution in [3.05, 3.63) is 46.8 Å². The van der Waals surface area contributed by atoms with E-state index in [-0.39, 0.29) is 15.5 Å². The molecule has 2 N–H and O–H groups in total. The fraction of sp³-hybridized carbons (Fsp3) is 0.0833. The summed E-state index contributed by atoms with van der Waals surface area (Å²) >= 11 is 1.13. The fourth-order valence-electron chi connectivity index (χ4n) is 1.51. The summed E-state index contributed by atoms with van der Waals surface area (Å²) in [7, 11) is -3.74. The van der Waals surface area contributed by atoms with E-state index in [0.29, 0.717) is 0 Å². The minimum atomic E-state index is -3.74. The zero-order valence-corrected chi connectivity index (χ0v) is 11.6. The zero-order valence-electron chi connectivity index (χ0n) is 9.95. The number of anilines is 1. The van der Waals surface area contributed by atoms with E-state index >= 15 is 0 Å². The van der Waals surface area contributed by atoms with Crippen LogP contribution in [0.2, 0.25) is 0 Å². The molecule has 2 rings (SSSR count). The number of nitrogens with one attached hydrogen (secondary N) is 1. The highest BCUT2D eigenvalue weighted by Gasteiger charge is 2.19. The third-order valence-electron chi connectivity index (χ3n) is 2.38. The molecule has 0 saturated carbocycles. The van der Waals surface area contributed by atoms with Crippen LogP contribution in [-0.2, 0) is 10.0 Å². The molecule has 2 aromatic rings. The first-order valence-corrected chi connectivity index (χ1v) is 7.62. The summed E-state index contributed by atoms with van der Waals surface area (Å²) in [5.74, 6) is -1.18. The Balaban J connectivity index is 2.39. The monoisotopic (exact) mass is 297 g/mol. The molecule has 5 nitrogen and oxygen atoms in total. The SMILES string of the molecule is Cc1ccc(S(=O)(=O)Nc2ccccc2C(=O)O)s1. The predicted octanol–water partition coefficient (Wildman–Crippen LogP) is 2.56. The average Bonchev–Trinajstić information content (AvgIpc) is 2.76. The Morgan fingerprint density at radius 2 is 1.89 bits per heavy atom. The highest BCUT2D eigenvalue weighted by molar-refractivity contribution is 7.94. The van der Waals surface area contributed by atoms with Gasteiger partial charge in [-0.2, -0.15) is 0 Å². The van der Waals surface area contributed by atoms with Gasteiger partial charge in [0.05, 0.1) is 11.3 Å². The molecule has 0 unspecified atom stereocenters. The van der Waals surface area contributed by atoms with Gasteiger partial charge in [-0.25, -0.2) is 13.2 Å². The number of hydrogen-bond donors (Lipinski definition) is 2. The van der Waals surface area contributed by atoms with Gasteiger partial charge in [-0.3, -0.25) is 4.72 Å². The summed E-state index contributed by atoms with van der Waals surface area (Å²) in [6.45, 7) is 1.80. The molecule has 100 valence electrons. The number of aromatic carboxylic acids is 1. The van der Waals surface area contributed by atoms with Crippen molar-refractivity contribution in [2.24, 2.45) is 0 Å². The van der Waals surface area contributed by atoms with Crippen LogP contribution in [-0.4, -0.2) is 19.5 Å². The lowest BCUT2D eigenvalue weighted by molar-refractivity contribution is 0.0698. The predicted molar refractivity (Wildman–Crippen MR) is 73.3 cm³/mol. The molecule has 0 aliphatic heterocycles. The molecule has 7 heteroatoms. The third-order valence-corrected chi connectivity index (χ3v) is 5.24. The number of carbonyl (C=O) groups is 1.